The van der Waals surface area contributed by atoms with Gasteiger partial charge in [-0.2, -0.15) is 9.65 Å². The summed E-state index contributed by atoms with van der Waals surface area (Å²) in [6.45, 7) is 0. The zero-order valence-corrected chi connectivity index (χ0v) is 6.47. The summed E-state index contributed by atoms with van der Waals surface area (Å²) in [7, 11) is 0. The summed E-state index contributed by atoms with van der Waals surface area (Å²) in [5.74, 6) is -1.18. The van der Waals surface area contributed by atoms with Gasteiger partial charge in [0.2, 0.25) is 5.95 Å². The van der Waals surface area contributed by atoms with Crippen LogP contribution in [-0.4, -0.2) is 4.98 Å². The molecule has 0 radical (unpaired) electrons. The van der Waals surface area contributed by atoms with Gasteiger partial charge in [-0.05, 0) is 11.6 Å². The third-order valence-electron chi connectivity index (χ3n) is 1.44. The van der Waals surface area contributed by atoms with E-state index in [0.29, 0.717) is 5.56 Å². The number of nitriles is 1. The number of nitrogens with zero attached hydrogens (tertiary/aromatic N) is 2. The van der Waals surface area contributed by atoms with Crippen LogP contribution in [0.4, 0.5) is 13.2 Å². The van der Waals surface area contributed by atoms with Crippen LogP contribution < -0.4 is 0 Å². The Morgan fingerprint density at radius 3 is 2.77 bits per heavy atom. The number of alkyl halides is 2. The second kappa shape index (κ2) is 3.90. The predicted molar refractivity (Wildman–Crippen MR) is 38.5 cm³/mol. The van der Waals surface area contributed by atoms with Crippen molar-refractivity contribution in [2.24, 2.45) is 0 Å². The lowest BCUT2D eigenvalue weighted by Crippen LogP contribution is -1.96. The van der Waals surface area contributed by atoms with Crippen molar-refractivity contribution in [1.82, 2.24) is 4.98 Å². The van der Waals surface area contributed by atoms with Crippen LogP contribution in [0, 0.1) is 17.3 Å². The van der Waals surface area contributed by atoms with Gasteiger partial charge in [-0.25, -0.2) is 13.8 Å². The minimum absolute atomic E-state index is 0.0486. The first-order valence-corrected chi connectivity index (χ1v) is 3.44. The molecule has 1 aromatic rings. The minimum Gasteiger partial charge on any atom is -0.228 e. The van der Waals surface area contributed by atoms with Crippen LogP contribution in [0.2, 0.25) is 0 Å². The van der Waals surface area contributed by atoms with Crippen LogP contribution in [0.25, 0.3) is 0 Å². The number of rotatable bonds is 2. The molecule has 68 valence electrons. The van der Waals surface area contributed by atoms with E-state index in [0.717, 1.165) is 12.3 Å². The Balaban J connectivity index is 3.05. The molecule has 1 heterocycles. The Hall–Kier alpha value is -1.57. The number of hydrogen-bond acceptors (Lipinski definition) is 2. The summed E-state index contributed by atoms with van der Waals surface area (Å²) in [5, 5.41) is 8.26. The first-order chi connectivity index (χ1) is 6.15. The lowest BCUT2D eigenvalue weighted by atomic mass is 10.1. The molecule has 1 rings (SSSR count). The van der Waals surface area contributed by atoms with Crippen molar-refractivity contribution in [3.05, 3.63) is 29.3 Å². The van der Waals surface area contributed by atoms with Crippen molar-refractivity contribution in [1.29, 1.82) is 5.26 Å². The highest BCUT2D eigenvalue weighted by atomic mass is 19.3. The highest BCUT2D eigenvalue weighted by Crippen LogP contribution is 2.21. The zero-order chi connectivity index (χ0) is 9.84. The summed E-state index contributed by atoms with van der Waals surface area (Å²) >= 11 is 0. The Morgan fingerprint density at radius 1 is 1.54 bits per heavy atom. The van der Waals surface area contributed by atoms with E-state index < -0.39 is 17.9 Å². The lowest BCUT2D eigenvalue weighted by Gasteiger charge is -2.01. The van der Waals surface area contributed by atoms with Gasteiger partial charge in [-0.15, -0.1) is 0 Å². The average molecular weight is 186 g/mol. The Kier molecular flexibility index (Phi) is 2.85. The fourth-order valence-corrected chi connectivity index (χ4v) is 0.852. The summed E-state index contributed by atoms with van der Waals surface area (Å²) < 4.78 is 36.8. The summed E-state index contributed by atoms with van der Waals surface area (Å²) in [5.41, 5.74) is -0.466. The molecule has 0 fully saturated rings. The molecule has 0 unspecified atom stereocenters. The Labute approximate surface area is 72.6 Å². The summed E-state index contributed by atoms with van der Waals surface area (Å²) in [6.07, 6.45) is -1.87. The maximum absolute atomic E-state index is 12.6. The average Bonchev–Trinajstić information content (AvgIpc) is 2.08. The van der Waals surface area contributed by atoms with Crippen LogP contribution in [0.5, 0.6) is 0 Å². The maximum Gasteiger partial charge on any atom is 0.268 e. The highest BCUT2D eigenvalue weighted by Gasteiger charge is 2.14. The van der Waals surface area contributed by atoms with Gasteiger partial charge in [0, 0.05) is 6.20 Å². The number of halogens is 3. The molecule has 0 aromatic carbocycles. The van der Waals surface area contributed by atoms with E-state index in [1.165, 1.54) is 0 Å². The fraction of sp³-hybridized carbons (Fsp3) is 0.250. The Morgan fingerprint density at radius 2 is 2.23 bits per heavy atom. The standard InChI is InChI=1S/C8H5F3N2/c9-7(10)6-3-5(1-2-12)4-13-8(6)11/h3-4,7H,1H2. The van der Waals surface area contributed by atoms with Gasteiger partial charge in [-0.3, -0.25) is 0 Å². The maximum atomic E-state index is 12.6. The number of hydrogen-bond donors (Lipinski definition) is 0. The van der Waals surface area contributed by atoms with Gasteiger partial charge in [0.15, 0.2) is 0 Å². The molecule has 0 N–H and O–H groups in total. The van der Waals surface area contributed by atoms with E-state index in [2.05, 4.69) is 4.98 Å². The number of aromatic nitrogens is 1. The molecule has 5 heteroatoms. The zero-order valence-electron chi connectivity index (χ0n) is 6.47. The van der Waals surface area contributed by atoms with Gasteiger partial charge in [0.05, 0.1) is 18.1 Å². The third kappa shape index (κ3) is 2.18. The van der Waals surface area contributed by atoms with Crippen LogP contribution in [0.15, 0.2) is 12.3 Å². The van der Waals surface area contributed by atoms with Crippen LogP contribution in [0.1, 0.15) is 17.6 Å². The molecule has 0 amide bonds. The molecule has 0 saturated carbocycles. The third-order valence-corrected chi connectivity index (χ3v) is 1.44. The summed E-state index contributed by atoms with van der Waals surface area (Å²) in [4.78, 5) is 3.12. The topological polar surface area (TPSA) is 36.7 Å². The number of pyridine rings is 1. The SMILES string of the molecule is N#CCc1cnc(F)c(C(F)F)c1. The van der Waals surface area contributed by atoms with E-state index in [4.69, 9.17) is 5.26 Å². The first kappa shape index (κ1) is 9.52. The highest BCUT2D eigenvalue weighted by molar-refractivity contribution is 5.22. The summed E-state index contributed by atoms with van der Waals surface area (Å²) in [6, 6.07) is 2.72. The predicted octanol–water partition coefficient (Wildman–Crippen LogP) is 2.22. The molecule has 0 bridgehead atoms. The van der Waals surface area contributed by atoms with Crippen molar-refractivity contribution in [2.75, 3.05) is 0 Å². The van der Waals surface area contributed by atoms with Crippen LogP contribution >= 0.6 is 0 Å². The molecular weight excluding hydrogens is 181 g/mol. The minimum atomic E-state index is -2.90. The molecule has 13 heavy (non-hydrogen) atoms. The van der Waals surface area contributed by atoms with Gasteiger partial charge in [0.1, 0.15) is 0 Å². The van der Waals surface area contributed by atoms with Gasteiger partial charge < -0.3 is 0 Å². The molecule has 2 nitrogen and oxygen atoms in total. The quantitative estimate of drug-likeness (QED) is 0.664. The second-order valence-electron chi connectivity index (χ2n) is 2.36. The second-order valence-corrected chi connectivity index (χ2v) is 2.36. The molecule has 0 spiro atoms. The van der Waals surface area contributed by atoms with Gasteiger partial charge in [-0.1, -0.05) is 0 Å². The van der Waals surface area contributed by atoms with Gasteiger partial charge >= 0.3 is 0 Å². The van der Waals surface area contributed by atoms with Crippen molar-refractivity contribution < 1.29 is 13.2 Å². The van der Waals surface area contributed by atoms with E-state index in [1.54, 1.807) is 6.07 Å². The lowest BCUT2D eigenvalue weighted by molar-refractivity contribution is 0.145. The molecule has 1 aromatic heterocycles. The van der Waals surface area contributed by atoms with Crippen molar-refractivity contribution in [2.45, 2.75) is 12.8 Å². The van der Waals surface area contributed by atoms with Crippen molar-refractivity contribution in [3.8, 4) is 6.07 Å². The van der Waals surface area contributed by atoms with E-state index in [1.807, 2.05) is 0 Å². The largest absolute Gasteiger partial charge is 0.268 e. The van der Waals surface area contributed by atoms with E-state index in [9.17, 15) is 13.2 Å². The Bertz CT molecular complexity index is 344. The molecule has 0 aliphatic heterocycles. The smallest absolute Gasteiger partial charge is 0.228 e. The first-order valence-electron chi connectivity index (χ1n) is 3.44. The molecular formula is C8H5F3N2. The monoisotopic (exact) mass is 186 g/mol. The van der Waals surface area contributed by atoms with E-state index in [-0.39, 0.29) is 6.42 Å². The van der Waals surface area contributed by atoms with Gasteiger partial charge in [0.25, 0.3) is 6.43 Å². The van der Waals surface area contributed by atoms with Crippen LogP contribution in [-0.2, 0) is 6.42 Å². The van der Waals surface area contributed by atoms with E-state index >= 15 is 0 Å². The molecule has 0 saturated heterocycles. The molecule has 0 aliphatic carbocycles. The molecule has 0 aliphatic rings. The normalized spacial score (nSPS) is 10.1. The molecule has 0 atom stereocenters. The van der Waals surface area contributed by atoms with Crippen LogP contribution in [0.3, 0.4) is 0 Å². The fourth-order valence-electron chi connectivity index (χ4n) is 0.852. The van der Waals surface area contributed by atoms with Crippen molar-refractivity contribution in [3.63, 3.8) is 0 Å². The van der Waals surface area contributed by atoms with Crippen molar-refractivity contribution >= 4 is 0 Å².